The van der Waals surface area contributed by atoms with Gasteiger partial charge >= 0.3 is 5.97 Å². The Labute approximate surface area is 105 Å². The predicted molar refractivity (Wildman–Crippen MR) is 71.8 cm³/mol. The van der Waals surface area contributed by atoms with Gasteiger partial charge in [-0.2, -0.15) is 5.10 Å². The van der Waals surface area contributed by atoms with Crippen LogP contribution in [0.15, 0.2) is 47.7 Å². The van der Waals surface area contributed by atoms with Crippen LogP contribution in [0.25, 0.3) is 5.57 Å². The van der Waals surface area contributed by atoms with Gasteiger partial charge in [0.15, 0.2) is 0 Å². The molecule has 0 fully saturated rings. The number of nitrogens with two attached hydrogens (primary N) is 2. The lowest BCUT2D eigenvalue weighted by Crippen LogP contribution is -2.02. The number of allylic oxidation sites excluding steroid dienone is 2. The number of hydrazone groups is 1. The minimum absolute atomic E-state index is 0.369. The first kappa shape index (κ1) is 13.5. The minimum atomic E-state index is -0.410. The first-order valence-corrected chi connectivity index (χ1v) is 5.16. The molecule has 5 heteroatoms. The second kappa shape index (κ2) is 6.24. The highest BCUT2D eigenvalue weighted by Crippen LogP contribution is 2.16. The van der Waals surface area contributed by atoms with E-state index >= 15 is 0 Å². The zero-order valence-electron chi connectivity index (χ0n) is 10.1. The number of ether oxygens (including phenoxy) is 1. The summed E-state index contributed by atoms with van der Waals surface area (Å²) in [6.45, 7) is 3.58. The number of nitrogens with zero attached hydrogens (tertiary/aromatic N) is 1. The molecule has 0 saturated heterocycles. The van der Waals surface area contributed by atoms with Crippen LogP contribution >= 0.6 is 0 Å². The van der Waals surface area contributed by atoms with Gasteiger partial charge in [0.25, 0.3) is 0 Å². The highest BCUT2D eigenvalue weighted by Gasteiger charge is 2.07. The number of hydrogen-bond donors (Lipinski definition) is 2. The molecule has 0 heterocycles. The van der Waals surface area contributed by atoms with E-state index in [1.807, 2.05) is 6.07 Å². The molecule has 0 bridgehead atoms. The maximum atomic E-state index is 11.4. The quantitative estimate of drug-likeness (QED) is 0.275. The molecule has 18 heavy (non-hydrogen) atoms. The van der Waals surface area contributed by atoms with Crippen LogP contribution in [0.2, 0.25) is 0 Å². The number of methoxy groups -OCH3 is 1. The van der Waals surface area contributed by atoms with Gasteiger partial charge in [0.2, 0.25) is 0 Å². The molecule has 94 valence electrons. The summed E-state index contributed by atoms with van der Waals surface area (Å²) < 4.78 is 4.65. The van der Waals surface area contributed by atoms with Crippen LogP contribution in [0.5, 0.6) is 0 Å². The first-order chi connectivity index (χ1) is 8.58. The lowest BCUT2D eigenvalue weighted by atomic mass is 10.0. The van der Waals surface area contributed by atoms with Crippen molar-refractivity contribution in [1.29, 1.82) is 0 Å². The van der Waals surface area contributed by atoms with E-state index in [4.69, 9.17) is 11.6 Å². The maximum absolute atomic E-state index is 11.4. The van der Waals surface area contributed by atoms with Crippen LogP contribution in [0.4, 0.5) is 0 Å². The summed E-state index contributed by atoms with van der Waals surface area (Å²) in [5.74, 6) is 4.72. The molecule has 0 atom stereocenters. The molecule has 0 radical (unpaired) electrons. The molecule has 1 aromatic carbocycles. The molecule has 0 saturated carbocycles. The van der Waals surface area contributed by atoms with E-state index in [2.05, 4.69) is 16.4 Å². The Morgan fingerprint density at radius 2 is 2.11 bits per heavy atom. The Kier molecular flexibility index (Phi) is 4.68. The molecule has 0 aliphatic carbocycles. The highest BCUT2D eigenvalue weighted by molar-refractivity contribution is 6.10. The van der Waals surface area contributed by atoms with Crippen LogP contribution in [0, 0.1) is 0 Å². The number of rotatable bonds is 4. The molecule has 0 aliphatic heterocycles. The summed E-state index contributed by atoms with van der Waals surface area (Å²) in [7, 11) is 1.33. The molecule has 5 nitrogen and oxygen atoms in total. The minimum Gasteiger partial charge on any atom is -0.465 e. The SMILES string of the molecule is C=C(N)/C=C(\C=N/N)c1cccc(C(=O)OC)c1. The van der Waals surface area contributed by atoms with E-state index in [0.29, 0.717) is 16.8 Å². The molecule has 0 aliphatic rings. The van der Waals surface area contributed by atoms with Gasteiger partial charge in [0.1, 0.15) is 0 Å². The number of esters is 1. The Morgan fingerprint density at radius 1 is 1.44 bits per heavy atom. The second-order valence-corrected chi connectivity index (χ2v) is 3.53. The lowest BCUT2D eigenvalue weighted by Gasteiger charge is -2.05. The summed E-state index contributed by atoms with van der Waals surface area (Å²) in [6, 6.07) is 6.87. The molecule has 0 aromatic heterocycles. The van der Waals surface area contributed by atoms with Crippen molar-refractivity contribution >= 4 is 17.8 Å². The van der Waals surface area contributed by atoms with Gasteiger partial charge < -0.3 is 16.3 Å². The smallest absolute Gasteiger partial charge is 0.337 e. The molecular formula is C13H15N3O2. The Morgan fingerprint density at radius 3 is 2.67 bits per heavy atom. The van der Waals surface area contributed by atoms with Gasteiger partial charge in [-0.25, -0.2) is 4.79 Å². The fraction of sp³-hybridized carbons (Fsp3) is 0.0769. The van der Waals surface area contributed by atoms with Gasteiger partial charge in [-0.3, -0.25) is 0 Å². The number of carbonyl (C=O) groups excluding carboxylic acids is 1. The van der Waals surface area contributed by atoms with Gasteiger partial charge in [0, 0.05) is 11.3 Å². The van der Waals surface area contributed by atoms with Crippen LogP contribution in [0.3, 0.4) is 0 Å². The third-order valence-electron chi connectivity index (χ3n) is 2.17. The maximum Gasteiger partial charge on any atom is 0.337 e. The summed E-state index contributed by atoms with van der Waals surface area (Å²) in [5, 5.41) is 3.45. The van der Waals surface area contributed by atoms with Crippen molar-refractivity contribution in [2.45, 2.75) is 0 Å². The molecule has 1 rings (SSSR count). The van der Waals surface area contributed by atoms with E-state index < -0.39 is 5.97 Å². The Hall–Kier alpha value is -2.56. The Balaban J connectivity index is 3.22. The molecular weight excluding hydrogens is 230 g/mol. The summed E-state index contributed by atoms with van der Waals surface area (Å²) in [5.41, 5.74) is 7.74. The average molecular weight is 245 g/mol. The second-order valence-electron chi connectivity index (χ2n) is 3.53. The van der Waals surface area contributed by atoms with Crippen LogP contribution in [-0.4, -0.2) is 19.3 Å². The van der Waals surface area contributed by atoms with Crippen molar-refractivity contribution in [1.82, 2.24) is 0 Å². The van der Waals surface area contributed by atoms with Crippen LogP contribution < -0.4 is 11.6 Å². The number of benzene rings is 1. The summed E-state index contributed by atoms with van der Waals surface area (Å²) in [4.78, 5) is 11.4. The van der Waals surface area contributed by atoms with Crippen LogP contribution in [0.1, 0.15) is 15.9 Å². The van der Waals surface area contributed by atoms with Crippen molar-refractivity contribution in [3.8, 4) is 0 Å². The van der Waals surface area contributed by atoms with Crippen molar-refractivity contribution in [3.05, 3.63) is 53.7 Å². The Bertz CT molecular complexity index is 519. The lowest BCUT2D eigenvalue weighted by molar-refractivity contribution is 0.0600. The van der Waals surface area contributed by atoms with Gasteiger partial charge in [0.05, 0.1) is 18.9 Å². The van der Waals surface area contributed by atoms with Crippen molar-refractivity contribution in [2.24, 2.45) is 16.7 Å². The summed E-state index contributed by atoms with van der Waals surface area (Å²) >= 11 is 0. The zero-order valence-corrected chi connectivity index (χ0v) is 10.1. The number of carbonyl (C=O) groups is 1. The van der Waals surface area contributed by atoms with Gasteiger partial charge in [-0.05, 0) is 23.8 Å². The summed E-state index contributed by atoms with van der Waals surface area (Å²) in [6.07, 6.45) is 3.06. The first-order valence-electron chi connectivity index (χ1n) is 5.16. The monoisotopic (exact) mass is 245 g/mol. The molecule has 0 unspecified atom stereocenters. The molecule has 0 spiro atoms. The normalized spacial score (nSPS) is 11.5. The van der Waals surface area contributed by atoms with E-state index in [1.165, 1.54) is 13.3 Å². The fourth-order valence-corrected chi connectivity index (χ4v) is 1.42. The van der Waals surface area contributed by atoms with E-state index in [-0.39, 0.29) is 0 Å². The van der Waals surface area contributed by atoms with Gasteiger partial charge in [-0.15, -0.1) is 0 Å². The molecule has 4 N–H and O–H groups in total. The van der Waals surface area contributed by atoms with E-state index in [1.54, 1.807) is 24.3 Å². The standard InChI is InChI=1S/C13H15N3O2/c1-9(14)6-12(8-16-15)10-4-3-5-11(7-10)13(17)18-2/h3-8H,1,14-15H2,2H3/b12-6+,16-8-. The molecule has 1 aromatic rings. The van der Waals surface area contributed by atoms with E-state index in [0.717, 1.165) is 5.56 Å². The topological polar surface area (TPSA) is 90.7 Å². The van der Waals surface area contributed by atoms with Gasteiger partial charge in [-0.1, -0.05) is 18.7 Å². The van der Waals surface area contributed by atoms with E-state index in [9.17, 15) is 4.79 Å². The average Bonchev–Trinajstić information content (AvgIpc) is 2.37. The fourth-order valence-electron chi connectivity index (χ4n) is 1.42. The van der Waals surface area contributed by atoms with Crippen molar-refractivity contribution in [3.63, 3.8) is 0 Å². The third-order valence-corrected chi connectivity index (χ3v) is 2.17. The number of hydrogen-bond acceptors (Lipinski definition) is 5. The largest absolute Gasteiger partial charge is 0.465 e. The van der Waals surface area contributed by atoms with Crippen LogP contribution in [-0.2, 0) is 4.74 Å². The van der Waals surface area contributed by atoms with Crippen molar-refractivity contribution < 1.29 is 9.53 Å². The van der Waals surface area contributed by atoms with Crippen molar-refractivity contribution in [2.75, 3.05) is 7.11 Å². The predicted octanol–water partition coefficient (Wildman–Crippen LogP) is 1.27. The third kappa shape index (κ3) is 3.48. The molecule has 0 amide bonds. The zero-order chi connectivity index (χ0) is 13.5. The highest BCUT2D eigenvalue weighted by atomic mass is 16.5.